The zero-order chi connectivity index (χ0) is 13.0. The average Bonchev–Trinajstić information content (AvgIpc) is 2.76. The molecule has 1 aromatic rings. The summed E-state index contributed by atoms with van der Waals surface area (Å²) in [5.74, 6) is -0.111. The second-order valence-electron chi connectivity index (χ2n) is 4.83. The van der Waals surface area contributed by atoms with Crippen molar-refractivity contribution in [3.05, 3.63) is 24.0 Å². The quantitative estimate of drug-likeness (QED) is 0.799. The van der Waals surface area contributed by atoms with E-state index in [0.717, 1.165) is 5.69 Å². The van der Waals surface area contributed by atoms with Gasteiger partial charge < -0.3 is 14.6 Å². The van der Waals surface area contributed by atoms with Crippen LogP contribution in [0.4, 0.5) is 0 Å². The molecule has 0 bridgehead atoms. The second kappa shape index (κ2) is 5.87. The van der Waals surface area contributed by atoms with Crippen molar-refractivity contribution in [2.45, 2.75) is 19.9 Å². The van der Waals surface area contributed by atoms with Crippen LogP contribution in [0, 0.1) is 11.8 Å². The van der Waals surface area contributed by atoms with Gasteiger partial charge in [-0.05, 0) is 32.1 Å². The van der Waals surface area contributed by atoms with E-state index in [1.54, 1.807) is 0 Å². The first-order valence-electron chi connectivity index (χ1n) is 5.86. The highest BCUT2D eigenvalue weighted by Crippen LogP contribution is 2.32. The molecule has 0 radical (unpaired) electrons. The molecule has 0 aromatic carbocycles. The lowest BCUT2D eigenvalue weighted by Gasteiger charge is -2.32. The Morgan fingerprint density at radius 3 is 2.41 bits per heavy atom. The molecular weight excluding hydrogens is 216 g/mol. The fraction of sp³-hybridized carbons (Fsp3) is 0.615. The zero-order valence-electron chi connectivity index (χ0n) is 11.2. The molecular formula is C13H22N2O2. The lowest BCUT2D eigenvalue weighted by Crippen LogP contribution is -2.36. The molecule has 0 saturated heterocycles. The summed E-state index contributed by atoms with van der Waals surface area (Å²) >= 11 is 0. The van der Waals surface area contributed by atoms with E-state index < -0.39 is 0 Å². The van der Waals surface area contributed by atoms with Crippen LogP contribution in [0.3, 0.4) is 0 Å². The minimum absolute atomic E-state index is 0.0115. The lowest BCUT2D eigenvalue weighted by atomic mass is 9.86. The molecule has 4 nitrogen and oxygen atoms in total. The Labute approximate surface area is 103 Å². The van der Waals surface area contributed by atoms with E-state index in [1.807, 2.05) is 51.2 Å². The molecule has 2 atom stereocenters. The third-order valence-electron chi connectivity index (χ3n) is 3.03. The van der Waals surface area contributed by atoms with Gasteiger partial charge in [-0.15, -0.1) is 0 Å². The van der Waals surface area contributed by atoms with Gasteiger partial charge in [0, 0.05) is 11.9 Å². The number of esters is 1. The number of methoxy groups -OCH3 is 1. The van der Waals surface area contributed by atoms with Crippen molar-refractivity contribution in [2.24, 2.45) is 11.8 Å². The molecule has 1 aromatic heterocycles. The van der Waals surface area contributed by atoms with Gasteiger partial charge >= 0.3 is 5.97 Å². The van der Waals surface area contributed by atoms with Gasteiger partial charge in [0.25, 0.3) is 0 Å². The Morgan fingerprint density at radius 2 is 2.06 bits per heavy atom. The van der Waals surface area contributed by atoms with E-state index in [4.69, 9.17) is 4.74 Å². The predicted octanol–water partition coefficient (Wildman–Crippen LogP) is 2.06. The van der Waals surface area contributed by atoms with Crippen molar-refractivity contribution in [3.63, 3.8) is 0 Å². The third kappa shape index (κ3) is 3.09. The maximum absolute atomic E-state index is 11.9. The van der Waals surface area contributed by atoms with Gasteiger partial charge in [0.05, 0.1) is 19.1 Å². The normalized spacial score (nSPS) is 15.0. The molecule has 17 heavy (non-hydrogen) atoms. The number of aromatic nitrogens is 1. The maximum Gasteiger partial charge on any atom is 0.310 e. The van der Waals surface area contributed by atoms with Crippen LogP contribution in [0.5, 0.6) is 0 Å². The Hall–Kier alpha value is -1.29. The van der Waals surface area contributed by atoms with Crippen LogP contribution in [0.2, 0.25) is 0 Å². The van der Waals surface area contributed by atoms with Crippen LogP contribution in [0.15, 0.2) is 18.3 Å². The summed E-state index contributed by atoms with van der Waals surface area (Å²) in [5, 5.41) is 0. The Bertz CT molecular complexity index is 344. The number of hydrogen-bond acceptors (Lipinski definition) is 3. The molecule has 1 heterocycles. The monoisotopic (exact) mass is 238 g/mol. The van der Waals surface area contributed by atoms with Crippen molar-refractivity contribution < 1.29 is 9.53 Å². The van der Waals surface area contributed by atoms with E-state index >= 15 is 0 Å². The van der Waals surface area contributed by atoms with Crippen LogP contribution in [0.25, 0.3) is 0 Å². The summed E-state index contributed by atoms with van der Waals surface area (Å²) in [4.78, 5) is 17.2. The number of nitrogens with one attached hydrogen (secondary N) is 1. The standard InChI is InChI=1S/C13H22N2O2/c1-9(2)11(13(16)17-5)12(15(3)4)10-7-6-8-14-10/h6-9,11-12,14H,1-5H3. The van der Waals surface area contributed by atoms with Gasteiger partial charge in [-0.25, -0.2) is 0 Å². The molecule has 1 rings (SSSR count). The van der Waals surface area contributed by atoms with E-state index in [1.165, 1.54) is 7.11 Å². The first-order valence-corrected chi connectivity index (χ1v) is 5.86. The Balaban J connectivity index is 3.06. The molecule has 0 spiro atoms. The maximum atomic E-state index is 11.9. The summed E-state index contributed by atoms with van der Waals surface area (Å²) in [6, 6.07) is 3.96. The highest BCUT2D eigenvalue weighted by molar-refractivity contribution is 5.73. The van der Waals surface area contributed by atoms with Gasteiger partial charge in [-0.3, -0.25) is 4.79 Å². The number of carbonyl (C=O) groups is 1. The largest absolute Gasteiger partial charge is 0.469 e. The molecule has 0 aliphatic rings. The molecule has 96 valence electrons. The Morgan fingerprint density at radius 1 is 1.41 bits per heavy atom. The van der Waals surface area contributed by atoms with E-state index in [-0.39, 0.29) is 23.8 Å². The number of aromatic amines is 1. The molecule has 0 saturated carbocycles. The van der Waals surface area contributed by atoms with E-state index in [0.29, 0.717) is 0 Å². The number of hydrogen-bond donors (Lipinski definition) is 1. The number of carbonyl (C=O) groups excluding carboxylic acids is 1. The molecule has 0 aliphatic heterocycles. The van der Waals surface area contributed by atoms with Crippen molar-refractivity contribution in [1.29, 1.82) is 0 Å². The zero-order valence-corrected chi connectivity index (χ0v) is 11.2. The van der Waals surface area contributed by atoms with Crippen molar-refractivity contribution in [1.82, 2.24) is 9.88 Å². The molecule has 0 fully saturated rings. The van der Waals surface area contributed by atoms with Crippen LogP contribution >= 0.6 is 0 Å². The highest BCUT2D eigenvalue weighted by atomic mass is 16.5. The topological polar surface area (TPSA) is 45.3 Å². The minimum atomic E-state index is -0.173. The van der Waals surface area contributed by atoms with E-state index in [9.17, 15) is 4.79 Å². The smallest absolute Gasteiger partial charge is 0.310 e. The fourth-order valence-corrected chi connectivity index (χ4v) is 2.22. The van der Waals surface area contributed by atoms with Crippen LogP contribution in [0.1, 0.15) is 25.6 Å². The van der Waals surface area contributed by atoms with Crippen molar-refractivity contribution in [2.75, 3.05) is 21.2 Å². The molecule has 0 amide bonds. The van der Waals surface area contributed by atoms with Crippen LogP contribution < -0.4 is 0 Å². The van der Waals surface area contributed by atoms with Gasteiger partial charge in [-0.2, -0.15) is 0 Å². The van der Waals surface area contributed by atoms with Crippen LogP contribution in [-0.4, -0.2) is 37.1 Å². The highest BCUT2D eigenvalue weighted by Gasteiger charge is 2.35. The summed E-state index contributed by atoms with van der Waals surface area (Å²) < 4.78 is 4.92. The SMILES string of the molecule is COC(=O)C(C(C)C)C(c1ccc[nH]1)N(C)C. The first kappa shape index (κ1) is 13.8. The average molecular weight is 238 g/mol. The van der Waals surface area contributed by atoms with Crippen molar-refractivity contribution in [3.8, 4) is 0 Å². The van der Waals surface area contributed by atoms with Gasteiger partial charge in [0.15, 0.2) is 0 Å². The molecule has 1 N–H and O–H groups in total. The summed E-state index contributed by atoms with van der Waals surface area (Å²) in [6.45, 7) is 4.09. The second-order valence-corrected chi connectivity index (χ2v) is 4.83. The van der Waals surface area contributed by atoms with E-state index in [2.05, 4.69) is 4.98 Å². The number of H-pyrrole nitrogens is 1. The number of nitrogens with zero attached hydrogens (tertiary/aromatic N) is 1. The molecule has 2 unspecified atom stereocenters. The van der Waals surface area contributed by atoms with Gasteiger partial charge in [-0.1, -0.05) is 13.8 Å². The third-order valence-corrected chi connectivity index (χ3v) is 3.03. The summed E-state index contributed by atoms with van der Waals surface area (Å²) in [5.41, 5.74) is 1.04. The van der Waals surface area contributed by atoms with Gasteiger partial charge in [0.1, 0.15) is 0 Å². The van der Waals surface area contributed by atoms with Crippen molar-refractivity contribution >= 4 is 5.97 Å². The lowest BCUT2D eigenvalue weighted by molar-refractivity contribution is -0.149. The Kier molecular flexibility index (Phi) is 4.75. The summed E-state index contributed by atoms with van der Waals surface area (Å²) in [6.07, 6.45) is 1.88. The molecule has 0 aliphatic carbocycles. The fourth-order valence-electron chi connectivity index (χ4n) is 2.22. The summed E-state index contributed by atoms with van der Waals surface area (Å²) in [7, 11) is 5.40. The number of rotatable bonds is 5. The van der Waals surface area contributed by atoms with Crippen LogP contribution in [-0.2, 0) is 9.53 Å². The molecule has 4 heteroatoms. The minimum Gasteiger partial charge on any atom is -0.469 e. The predicted molar refractivity (Wildman–Crippen MR) is 67.6 cm³/mol. The van der Waals surface area contributed by atoms with Gasteiger partial charge in [0.2, 0.25) is 0 Å². The first-order chi connectivity index (χ1) is 7.99. The number of ether oxygens (including phenoxy) is 1.